The number of ether oxygens (including phenoxy) is 1. The van der Waals surface area contributed by atoms with Gasteiger partial charge in [-0.05, 0) is 39.3 Å². The Morgan fingerprint density at radius 2 is 1.96 bits per heavy atom. The zero-order chi connectivity index (χ0) is 18.0. The first-order chi connectivity index (χ1) is 12.0. The second-order valence-electron chi connectivity index (χ2n) is 8.45. The molecule has 152 valence electrons. The molecule has 6 heteroatoms. The highest BCUT2D eigenvalue weighted by molar-refractivity contribution is 14.0. The molecule has 3 fully saturated rings. The van der Waals surface area contributed by atoms with Gasteiger partial charge in [0.25, 0.3) is 0 Å². The second-order valence-corrected chi connectivity index (χ2v) is 8.45. The maximum absolute atomic E-state index is 6.07. The number of nitrogens with zero attached hydrogens (tertiary/aromatic N) is 3. The molecular formula is C20H39IN4O. The summed E-state index contributed by atoms with van der Waals surface area (Å²) in [6.45, 7) is 17.6. The van der Waals surface area contributed by atoms with Crippen molar-refractivity contribution in [1.29, 1.82) is 0 Å². The van der Waals surface area contributed by atoms with Crippen LogP contribution < -0.4 is 5.32 Å². The van der Waals surface area contributed by atoms with E-state index in [2.05, 4.69) is 49.7 Å². The molecule has 2 aliphatic heterocycles. The smallest absolute Gasteiger partial charge is 0.194 e. The number of fused-ring (bicyclic) bond motifs is 1. The molecule has 0 radical (unpaired) electrons. The Labute approximate surface area is 177 Å². The quantitative estimate of drug-likeness (QED) is 0.375. The molecule has 5 nitrogen and oxygen atoms in total. The third-order valence-electron chi connectivity index (χ3n) is 6.72. The Morgan fingerprint density at radius 3 is 2.62 bits per heavy atom. The van der Waals surface area contributed by atoms with Gasteiger partial charge in [-0.3, -0.25) is 9.89 Å². The molecule has 4 atom stereocenters. The van der Waals surface area contributed by atoms with Crippen LogP contribution in [0, 0.1) is 11.3 Å². The monoisotopic (exact) mass is 478 g/mol. The van der Waals surface area contributed by atoms with Gasteiger partial charge in [0.15, 0.2) is 5.96 Å². The number of hydrogen-bond donors (Lipinski definition) is 1. The van der Waals surface area contributed by atoms with Gasteiger partial charge in [0.2, 0.25) is 0 Å². The van der Waals surface area contributed by atoms with Gasteiger partial charge < -0.3 is 15.0 Å². The first-order valence-corrected chi connectivity index (χ1v) is 10.4. The highest BCUT2D eigenvalue weighted by Gasteiger charge is 2.58. The number of likely N-dealkylation sites (N-methyl/N-ethyl adjacent to an activating group) is 1. The number of aliphatic imine (C=N–C) groups is 1. The lowest BCUT2D eigenvalue weighted by Gasteiger charge is -2.60. The number of guanidine groups is 1. The molecule has 26 heavy (non-hydrogen) atoms. The lowest BCUT2D eigenvalue weighted by molar-refractivity contribution is -0.188. The zero-order valence-electron chi connectivity index (χ0n) is 17.3. The van der Waals surface area contributed by atoms with Gasteiger partial charge in [0.1, 0.15) is 0 Å². The molecule has 3 aliphatic rings. The zero-order valence-corrected chi connectivity index (χ0v) is 19.7. The Kier molecular flexibility index (Phi) is 8.04. The fraction of sp³-hybridized carbons (Fsp3) is 0.950. The van der Waals surface area contributed by atoms with Gasteiger partial charge >= 0.3 is 0 Å². The summed E-state index contributed by atoms with van der Waals surface area (Å²) in [5, 5.41) is 3.86. The van der Waals surface area contributed by atoms with Crippen LogP contribution in [0.2, 0.25) is 0 Å². The van der Waals surface area contributed by atoms with Crippen molar-refractivity contribution in [2.45, 2.75) is 72.1 Å². The molecule has 0 aromatic rings. The number of nitrogens with one attached hydrogen (secondary N) is 1. The van der Waals surface area contributed by atoms with E-state index in [1.165, 1.54) is 19.3 Å². The number of likely N-dealkylation sites (tertiary alicyclic amines) is 1. The van der Waals surface area contributed by atoms with Crippen molar-refractivity contribution in [3.63, 3.8) is 0 Å². The Bertz CT molecular complexity index is 480. The fourth-order valence-corrected chi connectivity index (χ4v) is 5.31. The van der Waals surface area contributed by atoms with Gasteiger partial charge in [0.05, 0.1) is 6.10 Å². The Hall–Kier alpha value is -0.0800. The van der Waals surface area contributed by atoms with Crippen LogP contribution in [0.1, 0.15) is 53.9 Å². The topological polar surface area (TPSA) is 40.1 Å². The van der Waals surface area contributed by atoms with E-state index >= 15 is 0 Å². The van der Waals surface area contributed by atoms with Crippen molar-refractivity contribution in [3.05, 3.63) is 0 Å². The molecule has 2 heterocycles. The first-order valence-electron chi connectivity index (χ1n) is 10.4. The number of rotatable bonds is 5. The average molecular weight is 478 g/mol. The Morgan fingerprint density at radius 1 is 1.23 bits per heavy atom. The van der Waals surface area contributed by atoms with Crippen LogP contribution in [0.25, 0.3) is 0 Å². The SMILES string of the molecule is CCN=C(NC1C2CCCOC2C1(C)C)N1CCC(N(CC)CC)C1.I. The summed E-state index contributed by atoms with van der Waals surface area (Å²) in [6.07, 6.45) is 4.15. The minimum Gasteiger partial charge on any atom is -0.377 e. The van der Waals surface area contributed by atoms with Gasteiger partial charge in [-0.2, -0.15) is 0 Å². The molecule has 0 aromatic heterocycles. The maximum Gasteiger partial charge on any atom is 0.194 e. The Balaban J connectivity index is 0.00000243. The molecule has 0 aromatic carbocycles. The normalized spacial score (nSPS) is 33.5. The van der Waals surface area contributed by atoms with Crippen molar-refractivity contribution in [3.8, 4) is 0 Å². The van der Waals surface area contributed by atoms with Crippen molar-refractivity contribution in [1.82, 2.24) is 15.1 Å². The molecule has 3 rings (SSSR count). The average Bonchev–Trinajstić information content (AvgIpc) is 3.09. The summed E-state index contributed by atoms with van der Waals surface area (Å²) < 4.78 is 6.07. The predicted molar refractivity (Wildman–Crippen MR) is 119 cm³/mol. The van der Waals surface area contributed by atoms with E-state index in [1.54, 1.807) is 0 Å². The van der Waals surface area contributed by atoms with E-state index < -0.39 is 0 Å². The molecule has 0 amide bonds. The minimum atomic E-state index is 0. The van der Waals surface area contributed by atoms with Gasteiger partial charge in [-0.25, -0.2) is 0 Å². The van der Waals surface area contributed by atoms with E-state index in [9.17, 15) is 0 Å². The van der Waals surface area contributed by atoms with Crippen molar-refractivity contribution >= 4 is 29.9 Å². The summed E-state index contributed by atoms with van der Waals surface area (Å²) in [5.74, 6) is 1.77. The summed E-state index contributed by atoms with van der Waals surface area (Å²) in [6, 6.07) is 1.15. The highest BCUT2D eigenvalue weighted by Crippen LogP contribution is 2.51. The third-order valence-corrected chi connectivity index (χ3v) is 6.72. The fourth-order valence-electron chi connectivity index (χ4n) is 5.31. The van der Waals surface area contributed by atoms with E-state index in [-0.39, 0.29) is 29.4 Å². The van der Waals surface area contributed by atoms with Crippen LogP contribution >= 0.6 is 24.0 Å². The van der Waals surface area contributed by atoms with Crippen molar-refractivity contribution in [2.24, 2.45) is 16.3 Å². The molecule has 2 saturated heterocycles. The van der Waals surface area contributed by atoms with Crippen LogP contribution in [0.15, 0.2) is 4.99 Å². The maximum atomic E-state index is 6.07. The van der Waals surface area contributed by atoms with E-state index in [0.717, 1.165) is 45.3 Å². The van der Waals surface area contributed by atoms with E-state index in [4.69, 9.17) is 9.73 Å². The summed E-state index contributed by atoms with van der Waals surface area (Å²) in [4.78, 5) is 9.92. The summed E-state index contributed by atoms with van der Waals surface area (Å²) in [7, 11) is 0. The van der Waals surface area contributed by atoms with Crippen LogP contribution in [-0.2, 0) is 4.74 Å². The third kappa shape index (κ3) is 4.17. The molecular weight excluding hydrogens is 439 g/mol. The standard InChI is InChI=1S/C20H38N4O.HI/c1-6-21-19(24-12-11-15(14-24)23(7-2)8-3)22-17-16-10-9-13-25-18(16)20(17,4)5;/h15-18H,6-14H2,1-5H3,(H,21,22);1H. The number of hydrogen-bond acceptors (Lipinski definition) is 3. The van der Waals surface area contributed by atoms with E-state index in [0.29, 0.717) is 24.1 Å². The molecule has 0 spiro atoms. The molecule has 1 saturated carbocycles. The minimum absolute atomic E-state index is 0. The van der Waals surface area contributed by atoms with Crippen LogP contribution in [0.4, 0.5) is 0 Å². The van der Waals surface area contributed by atoms with Crippen LogP contribution in [-0.4, -0.2) is 73.3 Å². The van der Waals surface area contributed by atoms with Gasteiger partial charge in [-0.1, -0.05) is 27.7 Å². The predicted octanol–water partition coefficient (Wildman–Crippen LogP) is 3.19. The van der Waals surface area contributed by atoms with Gasteiger partial charge in [-0.15, -0.1) is 24.0 Å². The lowest BCUT2D eigenvalue weighted by Crippen LogP contribution is -2.71. The lowest BCUT2D eigenvalue weighted by atomic mass is 9.55. The molecule has 0 bridgehead atoms. The molecule has 1 aliphatic carbocycles. The largest absolute Gasteiger partial charge is 0.377 e. The van der Waals surface area contributed by atoms with Crippen LogP contribution in [0.5, 0.6) is 0 Å². The summed E-state index contributed by atoms with van der Waals surface area (Å²) >= 11 is 0. The summed E-state index contributed by atoms with van der Waals surface area (Å²) in [5.41, 5.74) is 0.192. The highest BCUT2D eigenvalue weighted by atomic mass is 127. The second kappa shape index (κ2) is 9.41. The molecule has 4 unspecified atom stereocenters. The first kappa shape index (κ1) is 22.2. The van der Waals surface area contributed by atoms with Crippen molar-refractivity contribution in [2.75, 3.05) is 39.3 Å². The number of halogens is 1. The molecule has 1 N–H and O–H groups in total. The van der Waals surface area contributed by atoms with Crippen molar-refractivity contribution < 1.29 is 4.74 Å². The van der Waals surface area contributed by atoms with Crippen LogP contribution in [0.3, 0.4) is 0 Å². The van der Waals surface area contributed by atoms with E-state index in [1.807, 2.05) is 0 Å². The van der Waals surface area contributed by atoms with Gasteiger partial charge in [0, 0.05) is 49.7 Å².